The molecule has 0 aliphatic rings. The molecular formula is C20H18FN3O. The van der Waals surface area contributed by atoms with E-state index in [0.717, 1.165) is 22.6 Å². The number of benzene rings is 2. The van der Waals surface area contributed by atoms with Crippen LogP contribution in [0.25, 0.3) is 5.69 Å². The summed E-state index contributed by atoms with van der Waals surface area (Å²) in [6.07, 6.45) is 1.60. The zero-order valence-electron chi connectivity index (χ0n) is 14.0. The highest BCUT2D eigenvalue weighted by Crippen LogP contribution is 2.20. The lowest BCUT2D eigenvalue weighted by Crippen LogP contribution is -2.17. The van der Waals surface area contributed by atoms with Gasteiger partial charge in [-0.15, -0.1) is 0 Å². The molecule has 0 aliphatic heterocycles. The van der Waals surface area contributed by atoms with E-state index in [1.54, 1.807) is 36.5 Å². The molecule has 3 rings (SSSR count). The third-order valence-corrected chi connectivity index (χ3v) is 3.94. The van der Waals surface area contributed by atoms with Crippen LogP contribution in [0.5, 0.6) is 0 Å². The standard InChI is InChI=1S/C20H18FN3O/c1-14-11-17(13-22-23-20(25)16-7-4-3-5-8-16)15(2)24(14)19-10-6-9-18(21)12-19/h3-13H,1-2H3,(H,23,25)/b22-13+. The van der Waals surface area contributed by atoms with Crippen LogP contribution in [0.2, 0.25) is 0 Å². The molecule has 0 bridgehead atoms. The summed E-state index contributed by atoms with van der Waals surface area (Å²) in [7, 11) is 0. The molecule has 1 amide bonds. The molecule has 1 N–H and O–H groups in total. The lowest BCUT2D eigenvalue weighted by molar-refractivity contribution is 0.0955. The Hall–Kier alpha value is -3.21. The van der Waals surface area contributed by atoms with Crippen LogP contribution < -0.4 is 5.43 Å². The maximum atomic E-state index is 13.5. The Bertz CT molecular complexity index is 929. The molecule has 2 aromatic carbocycles. The van der Waals surface area contributed by atoms with Crippen molar-refractivity contribution < 1.29 is 9.18 Å². The van der Waals surface area contributed by atoms with Crippen LogP contribution in [-0.4, -0.2) is 16.7 Å². The Kier molecular flexibility index (Phi) is 4.75. The fraction of sp³-hybridized carbons (Fsp3) is 0.100. The number of hydrogen-bond donors (Lipinski definition) is 1. The van der Waals surface area contributed by atoms with Crippen molar-refractivity contribution in [1.29, 1.82) is 0 Å². The molecule has 25 heavy (non-hydrogen) atoms. The number of halogens is 1. The smallest absolute Gasteiger partial charge is 0.271 e. The molecule has 0 saturated carbocycles. The topological polar surface area (TPSA) is 46.4 Å². The van der Waals surface area contributed by atoms with Gasteiger partial charge in [-0.25, -0.2) is 9.82 Å². The number of hydrogen-bond acceptors (Lipinski definition) is 2. The highest BCUT2D eigenvalue weighted by molar-refractivity contribution is 5.94. The zero-order valence-corrected chi connectivity index (χ0v) is 14.0. The minimum atomic E-state index is -0.282. The average Bonchev–Trinajstić information content (AvgIpc) is 2.89. The van der Waals surface area contributed by atoms with Gasteiger partial charge >= 0.3 is 0 Å². The first-order valence-corrected chi connectivity index (χ1v) is 7.89. The molecular weight excluding hydrogens is 317 g/mol. The number of carbonyl (C=O) groups excluding carboxylic acids is 1. The summed E-state index contributed by atoms with van der Waals surface area (Å²) in [5.74, 6) is -0.550. The van der Waals surface area contributed by atoms with Gasteiger partial charge in [0, 0.05) is 28.2 Å². The van der Waals surface area contributed by atoms with Gasteiger partial charge in [-0.1, -0.05) is 24.3 Å². The van der Waals surface area contributed by atoms with Gasteiger partial charge in [-0.3, -0.25) is 4.79 Å². The van der Waals surface area contributed by atoms with Crippen LogP contribution in [0.4, 0.5) is 4.39 Å². The first-order valence-electron chi connectivity index (χ1n) is 7.89. The van der Waals surface area contributed by atoms with E-state index in [2.05, 4.69) is 10.5 Å². The summed E-state index contributed by atoms with van der Waals surface area (Å²) < 4.78 is 15.4. The molecule has 3 aromatic rings. The van der Waals surface area contributed by atoms with Gasteiger partial charge in [0.05, 0.1) is 6.21 Å². The Morgan fingerprint density at radius 1 is 1.08 bits per heavy atom. The number of aromatic nitrogens is 1. The third-order valence-electron chi connectivity index (χ3n) is 3.94. The second-order valence-corrected chi connectivity index (χ2v) is 5.71. The molecule has 0 unspecified atom stereocenters. The van der Waals surface area contributed by atoms with Crippen LogP contribution in [0, 0.1) is 19.7 Å². The van der Waals surface area contributed by atoms with Crippen molar-refractivity contribution in [3.8, 4) is 5.69 Å². The first kappa shape index (κ1) is 16.6. The van der Waals surface area contributed by atoms with E-state index in [1.807, 2.05) is 36.6 Å². The number of carbonyl (C=O) groups is 1. The molecule has 4 nitrogen and oxygen atoms in total. The molecule has 0 aliphatic carbocycles. The van der Waals surface area contributed by atoms with Crippen molar-refractivity contribution in [3.05, 3.63) is 89.0 Å². The molecule has 0 fully saturated rings. The summed E-state index contributed by atoms with van der Waals surface area (Å²) in [4.78, 5) is 12.0. The second-order valence-electron chi connectivity index (χ2n) is 5.71. The SMILES string of the molecule is Cc1cc(/C=N/NC(=O)c2ccccc2)c(C)n1-c1cccc(F)c1. The van der Waals surface area contributed by atoms with E-state index < -0.39 is 0 Å². The van der Waals surface area contributed by atoms with Gasteiger partial charge in [-0.2, -0.15) is 5.10 Å². The van der Waals surface area contributed by atoms with Gasteiger partial charge < -0.3 is 4.57 Å². The van der Waals surface area contributed by atoms with Crippen molar-refractivity contribution in [2.45, 2.75) is 13.8 Å². The van der Waals surface area contributed by atoms with Gasteiger partial charge in [0.1, 0.15) is 5.82 Å². The molecule has 0 atom stereocenters. The normalized spacial score (nSPS) is 11.0. The van der Waals surface area contributed by atoms with E-state index in [9.17, 15) is 9.18 Å². The van der Waals surface area contributed by atoms with E-state index >= 15 is 0 Å². The van der Waals surface area contributed by atoms with Crippen LogP contribution in [0.15, 0.2) is 65.8 Å². The quantitative estimate of drug-likeness (QED) is 0.568. The van der Waals surface area contributed by atoms with Crippen LogP contribution in [-0.2, 0) is 0 Å². The number of hydrazone groups is 1. The van der Waals surface area contributed by atoms with Crippen LogP contribution in [0.3, 0.4) is 0 Å². The number of aryl methyl sites for hydroxylation is 1. The predicted octanol–water partition coefficient (Wildman–Crippen LogP) is 4.00. The minimum absolute atomic E-state index is 0.268. The van der Waals surface area contributed by atoms with Crippen molar-refractivity contribution in [3.63, 3.8) is 0 Å². The van der Waals surface area contributed by atoms with Gasteiger partial charge in [0.2, 0.25) is 0 Å². The maximum absolute atomic E-state index is 13.5. The monoisotopic (exact) mass is 335 g/mol. The Balaban J connectivity index is 1.80. The highest BCUT2D eigenvalue weighted by atomic mass is 19.1. The third kappa shape index (κ3) is 3.66. The Morgan fingerprint density at radius 2 is 1.84 bits per heavy atom. The van der Waals surface area contributed by atoms with Crippen molar-refractivity contribution in [2.24, 2.45) is 5.10 Å². The fourth-order valence-electron chi connectivity index (χ4n) is 2.75. The summed E-state index contributed by atoms with van der Waals surface area (Å²) in [5.41, 5.74) is 6.54. The number of nitrogens with zero attached hydrogens (tertiary/aromatic N) is 2. The zero-order chi connectivity index (χ0) is 17.8. The largest absolute Gasteiger partial charge is 0.318 e. The van der Waals surface area contributed by atoms with Crippen molar-refractivity contribution >= 4 is 12.1 Å². The lowest BCUT2D eigenvalue weighted by Gasteiger charge is -2.09. The summed E-state index contributed by atoms with van der Waals surface area (Å²) in [6, 6.07) is 17.3. The highest BCUT2D eigenvalue weighted by Gasteiger charge is 2.10. The molecule has 0 spiro atoms. The molecule has 126 valence electrons. The lowest BCUT2D eigenvalue weighted by atomic mass is 10.2. The van der Waals surface area contributed by atoms with E-state index in [1.165, 1.54) is 12.1 Å². The second kappa shape index (κ2) is 7.13. The van der Waals surface area contributed by atoms with E-state index in [-0.39, 0.29) is 11.7 Å². The number of rotatable bonds is 4. The summed E-state index contributed by atoms with van der Waals surface area (Å²) in [6.45, 7) is 3.87. The van der Waals surface area contributed by atoms with E-state index in [0.29, 0.717) is 5.56 Å². The number of nitrogens with one attached hydrogen (secondary N) is 1. The van der Waals surface area contributed by atoms with Gasteiger partial charge in [-0.05, 0) is 50.2 Å². The van der Waals surface area contributed by atoms with Gasteiger partial charge in [0.25, 0.3) is 5.91 Å². The summed E-state index contributed by atoms with van der Waals surface area (Å²) in [5, 5.41) is 4.03. The minimum Gasteiger partial charge on any atom is -0.318 e. The molecule has 1 heterocycles. The predicted molar refractivity (Wildman–Crippen MR) is 96.7 cm³/mol. The molecule has 1 aromatic heterocycles. The van der Waals surface area contributed by atoms with Crippen LogP contribution in [0.1, 0.15) is 27.3 Å². The molecule has 0 saturated heterocycles. The fourth-order valence-corrected chi connectivity index (χ4v) is 2.75. The Morgan fingerprint density at radius 3 is 2.56 bits per heavy atom. The maximum Gasteiger partial charge on any atom is 0.271 e. The number of amides is 1. The first-order chi connectivity index (χ1) is 12.1. The van der Waals surface area contributed by atoms with E-state index in [4.69, 9.17) is 0 Å². The molecule has 0 radical (unpaired) electrons. The molecule has 5 heteroatoms. The van der Waals surface area contributed by atoms with Crippen LogP contribution >= 0.6 is 0 Å². The van der Waals surface area contributed by atoms with Crippen molar-refractivity contribution in [2.75, 3.05) is 0 Å². The van der Waals surface area contributed by atoms with Gasteiger partial charge in [0.15, 0.2) is 0 Å². The van der Waals surface area contributed by atoms with Crippen molar-refractivity contribution in [1.82, 2.24) is 9.99 Å². The average molecular weight is 335 g/mol. The Labute approximate surface area is 145 Å². The summed E-state index contributed by atoms with van der Waals surface area (Å²) >= 11 is 0.